The lowest BCUT2D eigenvalue weighted by atomic mass is 10.1. The first kappa shape index (κ1) is 21.1. The van der Waals surface area contributed by atoms with Crippen LogP contribution in [0.15, 0.2) is 11.9 Å². The molecule has 2 atom stereocenters. The Morgan fingerprint density at radius 1 is 0.870 bits per heavy atom. The summed E-state index contributed by atoms with van der Waals surface area (Å²) in [5, 5.41) is 0. The zero-order chi connectivity index (χ0) is 17.3. The van der Waals surface area contributed by atoms with E-state index in [4.69, 9.17) is 18.1 Å². The molecule has 1 rings (SSSR count). The van der Waals surface area contributed by atoms with Crippen LogP contribution in [0.3, 0.4) is 0 Å². The molecule has 1 aliphatic carbocycles. The van der Waals surface area contributed by atoms with E-state index in [0.29, 0.717) is 26.4 Å². The third-order valence-electron chi connectivity index (χ3n) is 3.69. The third kappa shape index (κ3) is 6.12. The number of hydrogen-bond donors (Lipinski definition) is 0. The van der Waals surface area contributed by atoms with Gasteiger partial charge < -0.3 is 18.1 Å². The van der Waals surface area contributed by atoms with Crippen LogP contribution < -0.4 is 0 Å². The van der Waals surface area contributed by atoms with E-state index in [9.17, 15) is 9.13 Å². The molecule has 1 aliphatic rings. The minimum Gasteiger partial charge on any atom is -0.309 e. The summed E-state index contributed by atoms with van der Waals surface area (Å²) < 4.78 is 47.0. The zero-order valence-corrected chi connectivity index (χ0v) is 16.4. The average molecular weight is 368 g/mol. The molecule has 0 amide bonds. The van der Waals surface area contributed by atoms with Crippen LogP contribution in [0.1, 0.15) is 47.0 Å². The van der Waals surface area contributed by atoms with Gasteiger partial charge in [0.1, 0.15) is 0 Å². The quantitative estimate of drug-likeness (QED) is 0.467. The van der Waals surface area contributed by atoms with Crippen LogP contribution in [0.4, 0.5) is 0 Å². The molecule has 0 aromatic carbocycles. The summed E-state index contributed by atoms with van der Waals surface area (Å²) in [6, 6.07) is 0. The van der Waals surface area contributed by atoms with Crippen LogP contribution in [0.25, 0.3) is 0 Å². The Labute approximate surface area is 140 Å². The molecule has 0 radical (unpaired) electrons. The summed E-state index contributed by atoms with van der Waals surface area (Å²) in [5.74, 6) is 1.50. The molecule has 1 fully saturated rings. The minimum atomic E-state index is -3.23. The summed E-state index contributed by atoms with van der Waals surface area (Å²) >= 11 is 0. The van der Waals surface area contributed by atoms with Gasteiger partial charge in [-0.3, -0.25) is 9.13 Å². The molecule has 2 unspecified atom stereocenters. The smallest absolute Gasteiger partial charge is 0.309 e. The molecule has 1 saturated carbocycles. The maximum atomic E-state index is 13.0. The van der Waals surface area contributed by atoms with Crippen LogP contribution in [-0.4, -0.2) is 32.1 Å². The summed E-state index contributed by atoms with van der Waals surface area (Å²) in [5.41, 5.74) is -0.199. The SMILES string of the molecule is CCOP(=O)(/C=C/C1CCCC1P(=O)(OCC)OCC)OCC. The Balaban J connectivity index is 2.91. The molecule has 6 nitrogen and oxygen atoms in total. The van der Waals surface area contributed by atoms with E-state index in [0.717, 1.165) is 19.3 Å². The molecule has 23 heavy (non-hydrogen) atoms. The van der Waals surface area contributed by atoms with Gasteiger partial charge in [-0.05, 0) is 46.5 Å². The summed E-state index contributed by atoms with van der Waals surface area (Å²) in [6.07, 6.45) is 4.40. The van der Waals surface area contributed by atoms with Crippen molar-refractivity contribution < 1.29 is 27.2 Å². The van der Waals surface area contributed by atoms with Crippen molar-refractivity contribution in [1.29, 1.82) is 0 Å². The lowest BCUT2D eigenvalue weighted by Crippen LogP contribution is -2.17. The molecule has 0 spiro atoms. The molecule has 0 saturated heterocycles. The van der Waals surface area contributed by atoms with E-state index in [1.54, 1.807) is 13.8 Å². The third-order valence-corrected chi connectivity index (χ3v) is 8.15. The molecule has 0 aromatic rings. The predicted molar refractivity (Wildman–Crippen MR) is 92.0 cm³/mol. The summed E-state index contributed by atoms with van der Waals surface area (Å²) in [4.78, 5) is 0. The standard InChI is InChI=1S/C15H30O6P2/c1-5-18-22(16,19-6-2)13-12-14-10-9-11-15(14)23(17,20-7-3)21-8-4/h12-15H,5-11H2,1-4H3/b13-12+. The molecule has 136 valence electrons. The van der Waals surface area contributed by atoms with E-state index in [1.165, 1.54) is 5.82 Å². The van der Waals surface area contributed by atoms with E-state index in [2.05, 4.69) is 0 Å². The van der Waals surface area contributed by atoms with Gasteiger partial charge >= 0.3 is 15.2 Å². The van der Waals surface area contributed by atoms with Crippen LogP contribution in [-0.2, 0) is 27.2 Å². The second-order valence-corrected chi connectivity index (χ2v) is 9.41. The van der Waals surface area contributed by atoms with Gasteiger partial charge in [0, 0.05) is 5.82 Å². The average Bonchev–Trinajstić information content (AvgIpc) is 2.95. The molecule has 0 bridgehead atoms. The minimum absolute atomic E-state index is 0.00632. The molecule has 0 aromatic heterocycles. The molecule has 8 heteroatoms. The fourth-order valence-electron chi connectivity index (χ4n) is 2.87. The van der Waals surface area contributed by atoms with Crippen molar-refractivity contribution in [1.82, 2.24) is 0 Å². The first-order valence-electron chi connectivity index (χ1n) is 8.41. The molecular weight excluding hydrogens is 338 g/mol. The van der Waals surface area contributed by atoms with Gasteiger partial charge in [-0.15, -0.1) is 0 Å². The van der Waals surface area contributed by atoms with Gasteiger partial charge in [0.2, 0.25) is 0 Å². The lowest BCUT2D eigenvalue weighted by Gasteiger charge is -2.26. The van der Waals surface area contributed by atoms with Crippen molar-refractivity contribution in [2.75, 3.05) is 26.4 Å². The first-order chi connectivity index (χ1) is 10.9. The lowest BCUT2D eigenvalue weighted by molar-refractivity contribution is 0.208. The second kappa shape index (κ2) is 10.1. The Hall–Kier alpha value is 0.0400. The molecule has 0 heterocycles. The Morgan fingerprint density at radius 2 is 1.39 bits per heavy atom. The van der Waals surface area contributed by atoms with Gasteiger partial charge in [-0.1, -0.05) is 12.5 Å². The zero-order valence-electron chi connectivity index (χ0n) is 14.6. The first-order valence-corrected chi connectivity index (χ1v) is 11.6. The van der Waals surface area contributed by atoms with Crippen LogP contribution in [0.5, 0.6) is 0 Å². The van der Waals surface area contributed by atoms with Crippen molar-refractivity contribution >= 4 is 15.2 Å². The highest BCUT2D eigenvalue weighted by Gasteiger charge is 2.43. The highest BCUT2D eigenvalue weighted by molar-refractivity contribution is 7.57. The molecule has 0 aliphatic heterocycles. The number of hydrogen-bond acceptors (Lipinski definition) is 6. The largest absolute Gasteiger partial charge is 0.353 e. The van der Waals surface area contributed by atoms with Crippen molar-refractivity contribution in [3.8, 4) is 0 Å². The van der Waals surface area contributed by atoms with Crippen LogP contribution in [0.2, 0.25) is 0 Å². The van der Waals surface area contributed by atoms with Gasteiger partial charge in [0.15, 0.2) is 0 Å². The van der Waals surface area contributed by atoms with Crippen molar-refractivity contribution in [2.45, 2.75) is 52.6 Å². The van der Waals surface area contributed by atoms with Crippen molar-refractivity contribution in [3.05, 3.63) is 11.9 Å². The number of rotatable bonds is 11. The van der Waals surface area contributed by atoms with E-state index >= 15 is 0 Å². The fraction of sp³-hybridized carbons (Fsp3) is 0.867. The maximum Gasteiger partial charge on any atom is 0.353 e. The monoisotopic (exact) mass is 368 g/mol. The van der Waals surface area contributed by atoms with Crippen molar-refractivity contribution in [2.24, 2.45) is 5.92 Å². The van der Waals surface area contributed by atoms with E-state index in [-0.39, 0.29) is 11.6 Å². The fourth-order valence-corrected chi connectivity index (χ4v) is 6.67. The second-order valence-electron chi connectivity index (χ2n) is 5.25. The van der Waals surface area contributed by atoms with Gasteiger partial charge in [-0.2, -0.15) is 0 Å². The van der Waals surface area contributed by atoms with Gasteiger partial charge in [-0.25, -0.2) is 0 Å². The Kier molecular flexibility index (Phi) is 9.28. The van der Waals surface area contributed by atoms with E-state index in [1.807, 2.05) is 19.9 Å². The van der Waals surface area contributed by atoms with Crippen molar-refractivity contribution in [3.63, 3.8) is 0 Å². The number of allylic oxidation sites excluding steroid dienone is 1. The van der Waals surface area contributed by atoms with Crippen LogP contribution >= 0.6 is 15.2 Å². The van der Waals surface area contributed by atoms with E-state index < -0.39 is 15.2 Å². The molecule has 0 N–H and O–H groups in total. The predicted octanol–water partition coefficient (Wildman–Crippen LogP) is 5.20. The Morgan fingerprint density at radius 3 is 1.87 bits per heavy atom. The topological polar surface area (TPSA) is 71.1 Å². The summed E-state index contributed by atoms with van der Waals surface area (Å²) in [6.45, 7) is 8.49. The van der Waals surface area contributed by atoms with Gasteiger partial charge in [0.25, 0.3) is 0 Å². The van der Waals surface area contributed by atoms with Gasteiger partial charge in [0.05, 0.1) is 32.1 Å². The van der Waals surface area contributed by atoms with Crippen LogP contribution in [0, 0.1) is 5.92 Å². The normalized spacial score (nSPS) is 23.0. The Bertz CT molecular complexity index is 445. The highest BCUT2D eigenvalue weighted by atomic mass is 31.2. The highest BCUT2D eigenvalue weighted by Crippen LogP contribution is 2.61. The summed E-state index contributed by atoms with van der Waals surface area (Å²) in [7, 11) is -6.39. The molecular formula is C15H30O6P2. The maximum absolute atomic E-state index is 13.0.